The summed E-state index contributed by atoms with van der Waals surface area (Å²) >= 11 is 0. The molecule has 4 atom stereocenters. The average Bonchev–Trinajstić information content (AvgIpc) is 3.96. The third-order valence-corrected chi connectivity index (χ3v) is 11.2. The molecule has 1 aliphatic carbocycles. The first-order chi connectivity index (χ1) is 30.5. The van der Waals surface area contributed by atoms with E-state index < -0.39 is 78.1 Å². The molecule has 1 aliphatic heterocycles. The Hall–Kier alpha value is -6.08. The lowest BCUT2D eigenvalue weighted by Gasteiger charge is -2.41. The zero-order valence-corrected chi connectivity index (χ0v) is 36.3. The van der Waals surface area contributed by atoms with Gasteiger partial charge in [-0.2, -0.15) is 13.2 Å². The van der Waals surface area contributed by atoms with E-state index in [1.165, 1.54) is 4.90 Å². The van der Waals surface area contributed by atoms with Crippen molar-refractivity contribution in [3.8, 4) is 11.1 Å². The number of nitrogens with zero attached hydrogens (tertiary/aromatic N) is 3. The number of aliphatic hydroxyl groups is 1. The number of nitrogens with two attached hydrogens (primary N) is 1. The summed E-state index contributed by atoms with van der Waals surface area (Å²) in [5, 5.41) is 19.9. The predicted octanol–water partition coefficient (Wildman–Crippen LogP) is 5.51. The van der Waals surface area contributed by atoms with Crippen LogP contribution in [0.15, 0.2) is 72.9 Å². The Balaban J connectivity index is 0.00000122. The molecular weight excluding hydrogens is 862 g/mol. The van der Waals surface area contributed by atoms with Crippen LogP contribution >= 0.6 is 0 Å². The number of amides is 4. The van der Waals surface area contributed by atoms with Gasteiger partial charge in [-0.25, -0.2) is 13.6 Å². The first kappa shape index (κ1) is 51.6. The van der Waals surface area contributed by atoms with Gasteiger partial charge in [0, 0.05) is 73.6 Å². The second-order valence-electron chi connectivity index (χ2n) is 17.1. The normalized spacial score (nSPS) is 17.0. The molecule has 1 saturated carbocycles. The molecule has 5 N–H and O–H groups in total. The van der Waals surface area contributed by atoms with Crippen LogP contribution in [0.3, 0.4) is 0 Å². The highest BCUT2D eigenvalue weighted by molar-refractivity contribution is 6.14. The zero-order valence-electron chi connectivity index (χ0n) is 36.3. The number of aliphatic hydroxyl groups excluding tert-OH is 1. The fourth-order valence-electron chi connectivity index (χ4n) is 8.12. The summed E-state index contributed by atoms with van der Waals surface area (Å²) in [6, 6.07) is 12.9. The summed E-state index contributed by atoms with van der Waals surface area (Å²) < 4.78 is 63.1. The van der Waals surface area contributed by atoms with Crippen molar-refractivity contribution in [2.24, 2.45) is 23.0 Å². The van der Waals surface area contributed by atoms with Gasteiger partial charge in [0.1, 0.15) is 36.4 Å². The van der Waals surface area contributed by atoms with Crippen molar-refractivity contribution in [2.45, 2.75) is 90.5 Å². The van der Waals surface area contributed by atoms with Gasteiger partial charge in [-0.1, -0.05) is 57.5 Å². The number of carboxylic acid groups (broad SMARTS) is 1. The summed E-state index contributed by atoms with van der Waals surface area (Å²) in [7, 11) is 0. The number of carbonyl (C=O) groups excluding carboxylic acids is 6. The molecule has 14 nitrogen and oxygen atoms in total. The van der Waals surface area contributed by atoms with E-state index in [1.54, 1.807) is 12.3 Å². The van der Waals surface area contributed by atoms with Crippen molar-refractivity contribution in [3.05, 3.63) is 95.8 Å². The maximum absolute atomic E-state index is 15.1. The molecule has 0 saturated heterocycles. The van der Waals surface area contributed by atoms with Crippen molar-refractivity contribution in [3.63, 3.8) is 0 Å². The number of carbonyl (C=O) groups is 7. The van der Waals surface area contributed by atoms with Crippen LogP contribution in [0.5, 0.6) is 0 Å². The molecular formula is C46H54F5N5O9. The topological polar surface area (TPSA) is 209 Å². The minimum Gasteiger partial charge on any atom is -0.475 e. The lowest BCUT2D eigenvalue weighted by atomic mass is 9.82. The van der Waals surface area contributed by atoms with Gasteiger partial charge in [-0.3, -0.25) is 33.7 Å². The number of carboxylic acids is 1. The Morgan fingerprint density at radius 1 is 0.954 bits per heavy atom. The van der Waals surface area contributed by atoms with E-state index in [4.69, 9.17) is 15.6 Å². The molecule has 65 heavy (non-hydrogen) atoms. The number of hydrogen-bond donors (Lipinski definition) is 4. The van der Waals surface area contributed by atoms with E-state index in [0.717, 1.165) is 47.2 Å². The molecule has 4 amide bonds. The molecule has 1 fully saturated rings. The van der Waals surface area contributed by atoms with Crippen LogP contribution in [0.4, 0.5) is 22.0 Å². The molecule has 1 aromatic heterocycles. The monoisotopic (exact) mass is 915 g/mol. The van der Waals surface area contributed by atoms with Gasteiger partial charge in [-0.15, -0.1) is 0 Å². The number of imide groups is 1. The minimum atomic E-state index is -5.08. The Morgan fingerprint density at radius 2 is 1.60 bits per heavy atom. The predicted molar refractivity (Wildman–Crippen MR) is 226 cm³/mol. The van der Waals surface area contributed by atoms with Gasteiger partial charge in [0.25, 0.3) is 11.8 Å². The zero-order chi connectivity index (χ0) is 48.2. The fourth-order valence-corrected chi connectivity index (χ4v) is 8.12. The quantitative estimate of drug-likeness (QED) is 0.0674. The first-order valence-electron chi connectivity index (χ1n) is 21.0. The van der Waals surface area contributed by atoms with Crippen molar-refractivity contribution >= 4 is 41.2 Å². The standard InChI is InChI=1S/C44H53F2N5O7.C2HF3O2/c1-44(2,3)43(36-21-30(33-23-31(45)14-15-34(33)46)25-49(36)24-28-9-5-4-6-10-28)50(42(58)27-52)20-18-35(47)38(54)22-29-11-7-12-32(29)37(53)13-8-19-48-39(55)26-51-40(56)16-17-41(51)57;3-2(4,5)1(6)7/h4-6,9-10,14-17,21,23,25,29,32,35,43,52H,7-8,11-13,18-20,22,24,26-27,47H2,1-3H3,(H,48,55);(H,6,7)/t29-,32-,35+,43+;/m1./s1. The number of nitrogens with one attached hydrogen (secondary N) is 1. The molecule has 2 aromatic carbocycles. The van der Waals surface area contributed by atoms with E-state index in [-0.39, 0.29) is 61.3 Å². The van der Waals surface area contributed by atoms with Gasteiger partial charge < -0.3 is 30.7 Å². The largest absolute Gasteiger partial charge is 0.490 e. The van der Waals surface area contributed by atoms with Gasteiger partial charge >= 0.3 is 12.1 Å². The van der Waals surface area contributed by atoms with Gasteiger partial charge in [0.05, 0.1) is 12.1 Å². The second-order valence-corrected chi connectivity index (χ2v) is 17.1. The lowest BCUT2D eigenvalue weighted by Crippen LogP contribution is -2.46. The van der Waals surface area contributed by atoms with Crippen molar-refractivity contribution in [1.82, 2.24) is 19.7 Å². The number of benzene rings is 2. The van der Waals surface area contributed by atoms with Crippen LogP contribution in [0.2, 0.25) is 0 Å². The summed E-state index contributed by atoms with van der Waals surface area (Å²) in [6.07, 6.45) is 1.68. The summed E-state index contributed by atoms with van der Waals surface area (Å²) in [4.78, 5) is 87.3. The van der Waals surface area contributed by atoms with Crippen LogP contribution in [-0.2, 0) is 40.1 Å². The number of alkyl halides is 3. The highest BCUT2D eigenvalue weighted by Gasteiger charge is 2.40. The smallest absolute Gasteiger partial charge is 0.475 e. The van der Waals surface area contributed by atoms with Crippen LogP contribution in [-0.4, -0.2) is 104 Å². The van der Waals surface area contributed by atoms with Crippen LogP contribution in [0.1, 0.15) is 83.0 Å². The number of aliphatic carboxylic acids is 1. The fraction of sp³-hybridized carbons (Fsp3) is 0.457. The molecule has 0 unspecified atom stereocenters. The number of rotatable bonds is 19. The van der Waals surface area contributed by atoms with Crippen molar-refractivity contribution < 1.29 is 65.7 Å². The molecule has 2 aliphatic rings. The average molecular weight is 916 g/mol. The van der Waals surface area contributed by atoms with Crippen LogP contribution < -0.4 is 11.1 Å². The number of Topliss-reactive ketones (excluding diaryl/α,β-unsaturated/α-hetero) is 2. The lowest BCUT2D eigenvalue weighted by molar-refractivity contribution is -0.192. The Morgan fingerprint density at radius 3 is 2.20 bits per heavy atom. The summed E-state index contributed by atoms with van der Waals surface area (Å²) in [6.45, 7) is 5.17. The number of ketones is 2. The maximum atomic E-state index is 15.1. The molecule has 352 valence electrons. The maximum Gasteiger partial charge on any atom is 0.490 e. The Labute approximate surface area is 372 Å². The van der Waals surface area contributed by atoms with E-state index in [1.807, 2.05) is 55.7 Å². The molecule has 0 radical (unpaired) electrons. The third-order valence-electron chi connectivity index (χ3n) is 11.2. The van der Waals surface area contributed by atoms with Crippen LogP contribution in [0.25, 0.3) is 11.1 Å². The van der Waals surface area contributed by atoms with E-state index >= 15 is 4.39 Å². The molecule has 0 spiro atoms. The van der Waals surface area contributed by atoms with Crippen molar-refractivity contribution in [2.75, 3.05) is 26.2 Å². The molecule has 5 rings (SSSR count). The molecule has 0 bridgehead atoms. The Bertz CT molecular complexity index is 2220. The summed E-state index contributed by atoms with van der Waals surface area (Å²) in [5.74, 6) is -6.92. The van der Waals surface area contributed by atoms with E-state index in [9.17, 15) is 51.4 Å². The van der Waals surface area contributed by atoms with E-state index in [0.29, 0.717) is 37.1 Å². The Kier molecular flexibility index (Phi) is 18.0. The van der Waals surface area contributed by atoms with Crippen LogP contribution in [0, 0.1) is 28.9 Å². The SMILES string of the molecule is CC(C)(C)[C@H](c1cc(-c2cc(F)ccc2F)cn1Cc1ccccc1)N(CC[C@H](N)C(=O)C[C@H]1CCC[C@H]1C(=O)CCCNC(=O)CN1C(=O)C=CC1=O)C(=O)CO.O=C(O)C(F)(F)F. The third kappa shape index (κ3) is 14.5. The van der Waals surface area contributed by atoms with E-state index in [2.05, 4.69) is 5.32 Å². The number of aromatic nitrogens is 1. The highest BCUT2D eigenvalue weighted by atomic mass is 19.4. The molecule has 2 heterocycles. The van der Waals surface area contributed by atoms with Gasteiger partial charge in [0.15, 0.2) is 0 Å². The van der Waals surface area contributed by atoms with Crippen molar-refractivity contribution in [1.29, 1.82) is 0 Å². The second kappa shape index (κ2) is 22.7. The number of halogens is 5. The summed E-state index contributed by atoms with van der Waals surface area (Å²) in [5.41, 5.74) is 7.88. The minimum absolute atomic E-state index is 0.00375. The van der Waals surface area contributed by atoms with Gasteiger partial charge in [-0.05, 0) is 66.8 Å². The first-order valence-corrected chi connectivity index (χ1v) is 21.0. The number of hydrogen-bond acceptors (Lipinski definition) is 9. The van der Waals surface area contributed by atoms with Gasteiger partial charge in [0.2, 0.25) is 11.8 Å². The highest BCUT2D eigenvalue weighted by Crippen LogP contribution is 2.42. The molecule has 3 aromatic rings. The molecule has 19 heteroatoms.